The van der Waals surface area contributed by atoms with Crippen LogP contribution >= 0.6 is 11.3 Å². The van der Waals surface area contributed by atoms with Gasteiger partial charge in [0.2, 0.25) is 5.91 Å². The minimum absolute atomic E-state index is 0.0389. The molecule has 0 spiro atoms. The van der Waals surface area contributed by atoms with E-state index in [0.717, 1.165) is 47.0 Å². The summed E-state index contributed by atoms with van der Waals surface area (Å²) >= 11 is 1.62. The molecule has 5 nitrogen and oxygen atoms in total. The Labute approximate surface area is 157 Å². The zero-order valence-electron chi connectivity index (χ0n) is 14.8. The molecule has 6 heteroatoms. The molecule has 3 aromatic rings. The third kappa shape index (κ3) is 3.55. The van der Waals surface area contributed by atoms with Gasteiger partial charge in [-0.15, -0.1) is 0 Å². The maximum atomic E-state index is 12.6. The van der Waals surface area contributed by atoms with Crippen LogP contribution in [-0.2, 0) is 4.79 Å². The molecule has 1 aromatic carbocycles. The SMILES string of the molecule is CC(NC(=O)C1CCN(c2nc3cccnc3s2)CC1)c1ccccc1. The molecule has 3 heterocycles. The maximum Gasteiger partial charge on any atom is 0.223 e. The van der Waals surface area contributed by atoms with Crippen molar-refractivity contribution < 1.29 is 4.79 Å². The van der Waals surface area contributed by atoms with E-state index in [1.54, 1.807) is 17.5 Å². The average molecular weight is 366 g/mol. The minimum atomic E-state index is 0.0389. The third-order valence-electron chi connectivity index (χ3n) is 4.95. The average Bonchev–Trinajstić information content (AvgIpc) is 3.13. The van der Waals surface area contributed by atoms with Crippen LogP contribution in [0.25, 0.3) is 10.3 Å². The topological polar surface area (TPSA) is 58.1 Å². The predicted octanol–water partition coefficient (Wildman–Crippen LogP) is 3.79. The van der Waals surface area contributed by atoms with E-state index in [1.165, 1.54) is 0 Å². The molecule has 2 aromatic heterocycles. The normalized spacial score (nSPS) is 16.6. The van der Waals surface area contributed by atoms with Gasteiger partial charge in [0.25, 0.3) is 0 Å². The van der Waals surface area contributed by atoms with Gasteiger partial charge in [-0.05, 0) is 37.5 Å². The Balaban J connectivity index is 1.35. The number of rotatable bonds is 4. The fraction of sp³-hybridized carbons (Fsp3) is 0.350. The summed E-state index contributed by atoms with van der Waals surface area (Å²) in [6.07, 6.45) is 3.52. The molecule has 0 saturated carbocycles. The van der Waals surface area contributed by atoms with E-state index < -0.39 is 0 Å². The zero-order chi connectivity index (χ0) is 17.9. The van der Waals surface area contributed by atoms with E-state index >= 15 is 0 Å². The van der Waals surface area contributed by atoms with Crippen LogP contribution in [0.3, 0.4) is 0 Å². The fourth-order valence-corrected chi connectivity index (χ4v) is 4.34. The van der Waals surface area contributed by atoms with Gasteiger partial charge < -0.3 is 10.2 Å². The van der Waals surface area contributed by atoms with E-state index in [0.29, 0.717) is 0 Å². The highest BCUT2D eigenvalue weighted by atomic mass is 32.1. The van der Waals surface area contributed by atoms with Crippen LogP contribution in [0.1, 0.15) is 31.4 Å². The van der Waals surface area contributed by atoms with Crippen molar-refractivity contribution in [3.8, 4) is 0 Å². The molecule has 1 atom stereocenters. The molecule has 0 bridgehead atoms. The lowest BCUT2D eigenvalue weighted by Gasteiger charge is -2.31. The zero-order valence-corrected chi connectivity index (χ0v) is 15.6. The number of carbonyl (C=O) groups excluding carboxylic acids is 1. The number of piperidine rings is 1. The molecule has 26 heavy (non-hydrogen) atoms. The van der Waals surface area contributed by atoms with Crippen molar-refractivity contribution in [1.82, 2.24) is 15.3 Å². The van der Waals surface area contributed by atoms with E-state index in [2.05, 4.69) is 32.3 Å². The lowest BCUT2D eigenvalue weighted by molar-refractivity contribution is -0.126. The molecule has 1 aliphatic rings. The molecule has 0 aliphatic carbocycles. The van der Waals surface area contributed by atoms with Crippen LogP contribution in [0.5, 0.6) is 0 Å². The molecule has 1 unspecified atom stereocenters. The van der Waals surface area contributed by atoms with Gasteiger partial charge in [-0.1, -0.05) is 41.7 Å². The Bertz CT molecular complexity index is 854. The molecular formula is C20H22N4OS. The Morgan fingerprint density at radius 2 is 1.96 bits per heavy atom. The third-order valence-corrected chi connectivity index (χ3v) is 5.99. The summed E-state index contributed by atoms with van der Waals surface area (Å²) in [5, 5.41) is 4.17. The number of hydrogen-bond acceptors (Lipinski definition) is 5. The monoisotopic (exact) mass is 366 g/mol. The first-order chi connectivity index (χ1) is 12.7. The van der Waals surface area contributed by atoms with E-state index in [1.807, 2.05) is 37.3 Å². The predicted molar refractivity (Wildman–Crippen MR) is 105 cm³/mol. The first kappa shape index (κ1) is 17.0. The summed E-state index contributed by atoms with van der Waals surface area (Å²) in [5.41, 5.74) is 2.09. The Morgan fingerprint density at radius 1 is 1.19 bits per heavy atom. The van der Waals surface area contributed by atoms with Gasteiger partial charge in [0, 0.05) is 25.2 Å². The standard InChI is InChI=1S/C20H22N4OS/c1-14(15-6-3-2-4-7-15)22-18(25)16-9-12-24(13-10-16)20-23-17-8-5-11-21-19(17)26-20/h2-8,11,14,16H,9-10,12-13H2,1H3,(H,22,25). The van der Waals surface area contributed by atoms with E-state index in [4.69, 9.17) is 0 Å². The minimum Gasteiger partial charge on any atom is -0.349 e. The smallest absolute Gasteiger partial charge is 0.223 e. The van der Waals surface area contributed by atoms with Crippen LogP contribution in [0.4, 0.5) is 5.13 Å². The highest BCUT2D eigenvalue weighted by molar-refractivity contribution is 7.21. The summed E-state index contributed by atoms with van der Waals surface area (Å²) < 4.78 is 0. The van der Waals surface area contributed by atoms with Crippen LogP contribution in [-0.4, -0.2) is 29.0 Å². The van der Waals surface area contributed by atoms with Gasteiger partial charge in [-0.2, -0.15) is 0 Å². The molecule has 1 N–H and O–H groups in total. The van der Waals surface area contributed by atoms with Crippen molar-refractivity contribution in [2.45, 2.75) is 25.8 Å². The number of amides is 1. The number of nitrogens with zero attached hydrogens (tertiary/aromatic N) is 3. The van der Waals surface area contributed by atoms with Crippen molar-refractivity contribution in [2.75, 3.05) is 18.0 Å². The molecule has 1 aliphatic heterocycles. The second kappa shape index (κ2) is 7.41. The lowest BCUT2D eigenvalue weighted by Crippen LogP contribution is -2.41. The fourth-order valence-electron chi connectivity index (χ4n) is 3.38. The van der Waals surface area contributed by atoms with Gasteiger partial charge in [0.05, 0.1) is 6.04 Å². The summed E-state index contributed by atoms with van der Waals surface area (Å²) in [5.74, 6) is 0.233. The van der Waals surface area contributed by atoms with E-state index in [9.17, 15) is 4.79 Å². The lowest BCUT2D eigenvalue weighted by atomic mass is 9.95. The highest BCUT2D eigenvalue weighted by Gasteiger charge is 2.27. The summed E-state index contributed by atoms with van der Waals surface area (Å²) in [7, 11) is 0. The van der Waals surface area contributed by atoms with Crippen molar-refractivity contribution >= 4 is 32.7 Å². The van der Waals surface area contributed by atoms with Gasteiger partial charge in [0.15, 0.2) is 5.13 Å². The van der Waals surface area contributed by atoms with Crippen LogP contribution in [0.2, 0.25) is 0 Å². The number of carbonyl (C=O) groups is 1. The number of benzene rings is 1. The van der Waals surface area contributed by atoms with Gasteiger partial charge >= 0.3 is 0 Å². The number of aromatic nitrogens is 2. The first-order valence-corrected chi connectivity index (χ1v) is 9.84. The number of fused-ring (bicyclic) bond motifs is 1. The second-order valence-electron chi connectivity index (χ2n) is 6.73. The number of hydrogen-bond donors (Lipinski definition) is 1. The summed E-state index contributed by atoms with van der Waals surface area (Å²) in [4.78, 5) is 24.9. The molecule has 1 fully saturated rings. The van der Waals surface area contributed by atoms with Crippen LogP contribution in [0, 0.1) is 5.92 Å². The Kier molecular flexibility index (Phi) is 4.84. The highest BCUT2D eigenvalue weighted by Crippen LogP contribution is 2.30. The number of pyridine rings is 1. The quantitative estimate of drug-likeness (QED) is 0.763. The number of thiazole rings is 1. The maximum absolute atomic E-state index is 12.6. The largest absolute Gasteiger partial charge is 0.349 e. The molecule has 4 rings (SSSR count). The van der Waals surface area contributed by atoms with Crippen molar-refractivity contribution in [3.05, 3.63) is 54.2 Å². The second-order valence-corrected chi connectivity index (χ2v) is 7.68. The van der Waals surface area contributed by atoms with Crippen molar-refractivity contribution in [1.29, 1.82) is 0 Å². The van der Waals surface area contributed by atoms with Gasteiger partial charge in [-0.25, -0.2) is 9.97 Å². The Morgan fingerprint density at radius 3 is 2.69 bits per heavy atom. The molecular weight excluding hydrogens is 344 g/mol. The molecule has 134 valence electrons. The molecule has 0 radical (unpaired) electrons. The van der Waals surface area contributed by atoms with E-state index in [-0.39, 0.29) is 17.9 Å². The Hall–Kier alpha value is -2.47. The molecule has 1 amide bonds. The van der Waals surface area contributed by atoms with Gasteiger partial charge in [0.1, 0.15) is 10.3 Å². The van der Waals surface area contributed by atoms with Crippen molar-refractivity contribution in [2.24, 2.45) is 5.92 Å². The number of anilines is 1. The summed E-state index contributed by atoms with van der Waals surface area (Å²) in [6, 6.07) is 14.0. The van der Waals surface area contributed by atoms with Crippen LogP contribution in [0.15, 0.2) is 48.7 Å². The molecule has 1 saturated heterocycles. The van der Waals surface area contributed by atoms with Gasteiger partial charge in [-0.3, -0.25) is 4.79 Å². The summed E-state index contributed by atoms with van der Waals surface area (Å²) in [6.45, 7) is 3.76. The van der Waals surface area contributed by atoms with Crippen LogP contribution < -0.4 is 10.2 Å². The first-order valence-electron chi connectivity index (χ1n) is 9.02. The number of nitrogens with one attached hydrogen (secondary N) is 1. The van der Waals surface area contributed by atoms with Crippen molar-refractivity contribution in [3.63, 3.8) is 0 Å².